The van der Waals surface area contributed by atoms with Crippen molar-refractivity contribution >= 4 is 33.1 Å². The van der Waals surface area contributed by atoms with Gasteiger partial charge in [-0.1, -0.05) is 19.4 Å². The number of hydrogen-bond donors (Lipinski definition) is 1. The Morgan fingerprint density at radius 3 is 2.54 bits per heavy atom. The number of benzene rings is 1. The third-order valence-corrected chi connectivity index (χ3v) is 8.08. The molecular formula is C28H35FN6O3S. The summed E-state index contributed by atoms with van der Waals surface area (Å²) in [5.41, 5.74) is 1.78. The summed E-state index contributed by atoms with van der Waals surface area (Å²) in [6.07, 6.45) is 9.22. The average molecular weight is 555 g/mol. The number of sulfone groups is 1. The summed E-state index contributed by atoms with van der Waals surface area (Å²) in [4.78, 5) is 29.7. The lowest BCUT2D eigenvalue weighted by Crippen LogP contribution is -2.41. The molecule has 0 aliphatic carbocycles. The molecule has 1 aromatic carbocycles. The third kappa shape index (κ3) is 7.50. The predicted molar refractivity (Wildman–Crippen MR) is 150 cm³/mol. The van der Waals surface area contributed by atoms with Gasteiger partial charge < -0.3 is 15.1 Å². The highest BCUT2D eigenvalue weighted by molar-refractivity contribution is 7.90. The van der Waals surface area contributed by atoms with Crippen LogP contribution in [-0.2, 0) is 16.3 Å². The van der Waals surface area contributed by atoms with Gasteiger partial charge in [0.05, 0.1) is 10.6 Å². The second-order valence-corrected chi connectivity index (χ2v) is 12.1. The molecule has 39 heavy (non-hydrogen) atoms. The summed E-state index contributed by atoms with van der Waals surface area (Å²) < 4.78 is 37.8. The second-order valence-electron chi connectivity index (χ2n) is 10.1. The van der Waals surface area contributed by atoms with Crippen molar-refractivity contribution in [2.45, 2.75) is 43.9 Å². The van der Waals surface area contributed by atoms with Crippen LogP contribution in [0.1, 0.15) is 48.7 Å². The quantitative estimate of drug-likeness (QED) is 0.391. The maximum Gasteiger partial charge on any atom is 0.272 e. The minimum absolute atomic E-state index is 0.0211. The van der Waals surface area contributed by atoms with E-state index in [2.05, 4.69) is 27.2 Å². The number of carbonyl (C=O) groups is 1. The van der Waals surface area contributed by atoms with Gasteiger partial charge in [-0.25, -0.2) is 22.8 Å². The van der Waals surface area contributed by atoms with Crippen LogP contribution in [0.4, 0.5) is 21.7 Å². The van der Waals surface area contributed by atoms with Gasteiger partial charge in [0.1, 0.15) is 29.5 Å². The van der Waals surface area contributed by atoms with Gasteiger partial charge in [0, 0.05) is 45.2 Å². The number of unbranched alkanes of at least 4 members (excludes halogenated alkanes) is 1. The van der Waals surface area contributed by atoms with Crippen LogP contribution >= 0.6 is 0 Å². The van der Waals surface area contributed by atoms with Gasteiger partial charge in [0.25, 0.3) is 5.91 Å². The highest BCUT2D eigenvalue weighted by atomic mass is 32.2. The van der Waals surface area contributed by atoms with Crippen LogP contribution in [0.15, 0.2) is 53.8 Å². The normalized spacial score (nSPS) is 14.3. The zero-order chi connectivity index (χ0) is 28.0. The van der Waals surface area contributed by atoms with E-state index in [-0.39, 0.29) is 16.5 Å². The zero-order valence-electron chi connectivity index (χ0n) is 22.6. The van der Waals surface area contributed by atoms with Gasteiger partial charge in [-0.2, -0.15) is 0 Å². The fourth-order valence-electron chi connectivity index (χ4n) is 4.63. The molecule has 1 saturated heterocycles. The molecule has 0 unspecified atom stereocenters. The topological polar surface area (TPSA) is 108 Å². The van der Waals surface area contributed by atoms with Crippen molar-refractivity contribution in [3.63, 3.8) is 0 Å². The lowest BCUT2D eigenvalue weighted by molar-refractivity contribution is 0.0687. The van der Waals surface area contributed by atoms with E-state index in [1.165, 1.54) is 18.5 Å². The molecule has 1 aliphatic rings. The molecule has 0 atom stereocenters. The van der Waals surface area contributed by atoms with Crippen LogP contribution in [-0.4, -0.2) is 67.1 Å². The number of anilines is 3. The van der Waals surface area contributed by atoms with Crippen molar-refractivity contribution < 1.29 is 17.6 Å². The van der Waals surface area contributed by atoms with Gasteiger partial charge in [-0.3, -0.25) is 9.78 Å². The summed E-state index contributed by atoms with van der Waals surface area (Å²) in [7, 11) is -1.56. The van der Waals surface area contributed by atoms with Gasteiger partial charge in [0.2, 0.25) is 0 Å². The number of nitrogens with zero attached hydrogens (tertiary/aromatic N) is 5. The van der Waals surface area contributed by atoms with E-state index in [0.29, 0.717) is 36.3 Å². The molecule has 1 N–H and O–H groups in total. The van der Waals surface area contributed by atoms with E-state index in [1.54, 1.807) is 6.07 Å². The largest absolute Gasteiger partial charge is 0.359 e. The van der Waals surface area contributed by atoms with Gasteiger partial charge in [-0.05, 0) is 61.4 Å². The smallest absolute Gasteiger partial charge is 0.272 e. The number of amides is 1. The van der Waals surface area contributed by atoms with Crippen molar-refractivity contribution in [2.24, 2.45) is 5.92 Å². The van der Waals surface area contributed by atoms with Crippen molar-refractivity contribution in [2.75, 3.05) is 43.2 Å². The standard InChI is InChI=1S/C28H35FN6O3S/c1-4-5-6-20-7-9-25(30-17-20)28(36)35-13-11-21(12-14-35)18-34(2)27-16-26(31-19-32-27)33-24-10-8-22(15-23(24)29)39(3,37)38/h7-10,15-17,19,21H,4-6,11-14,18H2,1-3H3,(H,31,32,33). The molecule has 11 heteroatoms. The van der Waals surface area contributed by atoms with Crippen molar-refractivity contribution in [1.29, 1.82) is 0 Å². The summed E-state index contributed by atoms with van der Waals surface area (Å²) in [5, 5.41) is 2.90. The minimum atomic E-state index is -3.50. The summed E-state index contributed by atoms with van der Waals surface area (Å²) in [5.74, 6) is 0.747. The van der Waals surface area contributed by atoms with Crippen molar-refractivity contribution in [1.82, 2.24) is 19.9 Å². The van der Waals surface area contributed by atoms with E-state index in [0.717, 1.165) is 56.5 Å². The Morgan fingerprint density at radius 1 is 1.13 bits per heavy atom. The van der Waals surface area contributed by atoms with E-state index < -0.39 is 15.7 Å². The number of aryl methyl sites for hydroxylation is 1. The lowest BCUT2D eigenvalue weighted by atomic mass is 9.96. The molecule has 1 amide bonds. The molecule has 1 aliphatic heterocycles. The highest BCUT2D eigenvalue weighted by Crippen LogP contribution is 2.25. The summed E-state index contributed by atoms with van der Waals surface area (Å²) >= 11 is 0. The van der Waals surface area contributed by atoms with E-state index in [1.807, 2.05) is 35.2 Å². The first-order chi connectivity index (χ1) is 18.6. The number of hydrogen-bond acceptors (Lipinski definition) is 8. The molecule has 1 fully saturated rings. The molecule has 2 aromatic heterocycles. The van der Waals surface area contributed by atoms with Crippen LogP contribution in [0.3, 0.4) is 0 Å². The number of halogens is 1. The first kappa shape index (κ1) is 28.4. The maximum atomic E-state index is 14.5. The monoisotopic (exact) mass is 554 g/mol. The first-order valence-corrected chi connectivity index (χ1v) is 15.1. The fraction of sp³-hybridized carbons (Fsp3) is 0.429. The molecule has 0 spiro atoms. The molecule has 0 radical (unpaired) electrons. The Balaban J connectivity index is 1.31. The lowest BCUT2D eigenvalue weighted by Gasteiger charge is -2.34. The summed E-state index contributed by atoms with van der Waals surface area (Å²) in [6, 6.07) is 9.27. The number of nitrogens with one attached hydrogen (secondary N) is 1. The van der Waals surface area contributed by atoms with Crippen molar-refractivity contribution in [3.8, 4) is 0 Å². The van der Waals surface area contributed by atoms with Crippen LogP contribution in [0.25, 0.3) is 0 Å². The van der Waals surface area contributed by atoms with Gasteiger partial charge >= 0.3 is 0 Å². The maximum absolute atomic E-state index is 14.5. The van der Waals surface area contributed by atoms with Crippen LogP contribution < -0.4 is 10.2 Å². The Hall–Kier alpha value is -3.60. The second kappa shape index (κ2) is 12.5. The molecule has 0 saturated carbocycles. The highest BCUT2D eigenvalue weighted by Gasteiger charge is 2.25. The van der Waals surface area contributed by atoms with Crippen LogP contribution in [0.5, 0.6) is 0 Å². The summed E-state index contributed by atoms with van der Waals surface area (Å²) in [6.45, 7) is 4.26. The number of carbonyl (C=O) groups excluding carboxylic acids is 1. The number of piperidine rings is 1. The predicted octanol–water partition coefficient (Wildman–Crippen LogP) is 4.49. The number of rotatable bonds is 10. The van der Waals surface area contributed by atoms with Gasteiger partial charge in [0.15, 0.2) is 9.84 Å². The van der Waals surface area contributed by atoms with E-state index in [9.17, 15) is 17.6 Å². The first-order valence-electron chi connectivity index (χ1n) is 13.2. The van der Waals surface area contributed by atoms with Crippen molar-refractivity contribution in [3.05, 3.63) is 66.0 Å². The number of pyridine rings is 1. The molecule has 9 nitrogen and oxygen atoms in total. The molecule has 208 valence electrons. The average Bonchev–Trinajstić information content (AvgIpc) is 2.93. The Bertz CT molecular complexity index is 1390. The molecule has 0 bridgehead atoms. The van der Waals surface area contributed by atoms with E-state index >= 15 is 0 Å². The fourth-order valence-corrected chi connectivity index (χ4v) is 5.26. The Morgan fingerprint density at radius 2 is 1.90 bits per heavy atom. The Labute approximate surface area is 229 Å². The molecular weight excluding hydrogens is 519 g/mol. The number of likely N-dealkylation sites (tertiary alicyclic amines) is 1. The molecule has 3 aromatic rings. The van der Waals surface area contributed by atoms with Crippen LogP contribution in [0.2, 0.25) is 0 Å². The number of aromatic nitrogens is 3. The Kier molecular flexibility index (Phi) is 9.11. The minimum Gasteiger partial charge on any atom is -0.359 e. The molecule has 3 heterocycles. The van der Waals surface area contributed by atoms with E-state index in [4.69, 9.17) is 0 Å². The van der Waals surface area contributed by atoms with Crippen LogP contribution in [0, 0.1) is 11.7 Å². The third-order valence-electron chi connectivity index (χ3n) is 6.97. The SMILES string of the molecule is CCCCc1ccc(C(=O)N2CCC(CN(C)c3cc(Nc4ccc(S(C)(=O)=O)cc4F)ncn3)CC2)nc1. The van der Waals surface area contributed by atoms with Gasteiger partial charge in [-0.15, -0.1) is 0 Å². The molecule has 4 rings (SSSR count). The zero-order valence-corrected chi connectivity index (χ0v) is 23.4.